The minimum absolute atomic E-state index is 0.00519. The summed E-state index contributed by atoms with van der Waals surface area (Å²) in [6.45, 7) is 4.29. The molecule has 0 bridgehead atoms. The van der Waals surface area contributed by atoms with Gasteiger partial charge in [0.05, 0.1) is 4.90 Å². The molecule has 1 aliphatic rings. The molecule has 3 aromatic rings. The van der Waals surface area contributed by atoms with Crippen molar-refractivity contribution >= 4 is 26.8 Å². The molecule has 0 spiro atoms. The molecule has 0 atom stereocenters. The number of hydrogen-bond donors (Lipinski definition) is 1. The van der Waals surface area contributed by atoms with E-state index in [2.05, 4.69) is 5.32 Å². The van der Waals surface area contributed by atoms with Crippen molar-refractivity contribution in [1.29, 1.82) is 0 Å². The normalized spacial score (nSPS) is 15.3. The molecule has 1 aromatic heterocycles. The summed E-state index contributed by atoms with van der Waals surface area (Å²) in [7, 11) is -3.45. The number of aromatic nitrogens is 1. The van der Waals surface area contributed by atoms with Gasteiger partial charge in [-0.2, -0.15) is 4.31 Å². The van der Waals surface area contributed by atoms with Crippen molar-refractivity contribution in [3.63, 3.8) is 0 Å². The molecule has 4 rings (SSSR count). The Kier molecular flexibility index (Phi) is 6.43. The summed E-state index contributed by atoms with van der Waals surface area (Å²) >= 11 is 0. The van der Waals surface area contributed by atoms with Crippen LogP contribution < -0.4 is 5.32 Å². The molecule has 0 unspecified atom stereocenters. The topological polar surface area (TPSA) is 71.4 Å². The Labute approximate surface area is 183 Å². The first-order chi connectivity index (χ1) is 14.9. The second-order valence-electron chi connectivity index (χ2n) is 8.15. The van der Waals surface area contributed by atoms with E-state index in [4.69, 9.17) is 0 Å². The van der Waals surface area contributed by atoms with E-state index in [1.807, 2.05) is 54.1 Å². The van der Waals surface area contributed by atoms with E-state index >= 15 is 0 Å². The zero-order valence-corrected chi connectivity index (χ0v) is 18.7. The third-order valence-electron chi connectivity index (χ3n) is 6.01. The van der Waals surface area contributed by atoms with E-state index in [0.717, 1.165) is 41.3 Å². The third-order valence-corrected chi connectivity index (χ3v) is 7.91. The van der Waals surface area contributed by atoms with E-state index in [1.54, 1.807) is 16.4 Å². The van der Waals surface area contributed by atoms with Crippen molar-refractivity contribution in [2.75, 3.05) is 13.1 Å². The number of nitrogens with one attached hydrogen (secondary N) is 1. The highest BCUT2D eigenvalue weighted by Crippen LogP contribution is 2.25. The summed E-state index contributed by atoms with van der Waals surface area (Å²) < 4.78 is 29.5. The first-order valence-corrected chi connectivity index (χ1v) is 12.3. The fourth-order valence-corrected chi connectivity index (χ4v) is 5.65. The Balaban J connectivity index is 1.40. The van der Waals surface area contributed by atoms with Gasteiger partial charge in [0.1, 0.15) is 0 Å². The fraction of sp³-hybridized carbons (Fsp3) is 0.375. The third kappa shape index (κ3) is 4.83. The number of sulfonamides is 1. The Morgan fingerprint density at radius 2 is 1.81 bits per heavy atom. The van der Waals surface area contributed by atoms with Gasteiger partial charge in [-0.05, 0) is 55.2 Å². The molecule has 1 aliphatic heterocycles. The minimum Gasteiger partial charge on any atom is -0.352 e. The van der Waals surface area contributed by atoms with Gasteiger partial charge in [-0.3, -0.25) is 4.79 Å². The average Bonchev–Trinajstić information content (AvgIpc) is 3.20. The van der Waals surface area contributed by atoms with Gasteiger partial charge in [0, 0.05) is 49.7 Å². The predicted octanol–water partition coefficient (Wildman–Crippen LogP) is 3.83. The lowest BCUT2D eigenvalue weighted by atomic mass is 10.1. The highest BCUT2D eigenvalue weighted by Gasteiger charge is 2.26. The molecule has 1 saturated heterocycles. The zero-order chi connectivity index (χ0) is 21.8. The average molecular weight is 440 g/mol. The number of piperidine rings is 1. The van der Waals surface area contributed by atoms with Gasteiger partial charge in [0.2, 0.25) is 15.9 Å². The van der Waals surface area contributed by atoms with Crippen LogP contribution in [-0.4, -0.2) is 36.3 Å². The van der Waals surface area contributed by atoms with Crippen LogP contribution in [0.4, 0.5) is 0 Å². The standard InChI is InChI=1S/C24H29N3O3S/c1-19-7-3-4-8-21(19)18-25-24(28)12-16-26-15-11-20-17-22(9-10-23(20)26)31(29,30)27-13-5-2-6-14-27/h3-4,7-11,15,17H,2,5-6,12-14,16,18H2,1H3,(H,25,28). The van der Waals surface area contributed by atoms with Crippen molar-refractivity contribution in [1.82, 2.24) is 14.2 Å². The molecule has 31 heavy (non-hydrogen) atoms. The predicted molar refractivity (Wildman–Crippen MR) is 122 cm³/mol. The van der Waals surface area contributed by atoms with E-state index < -0.39 is 10.0 Å². The number of hydrogen-bond acceptors (Lipinski definition) is 3. The maximum absolute atomic E-state index is 12.9. The molecule has 164 valence electrons. The van der Waals surface area contributed by atoms with E-state index in [-0.39, 0.29) is 5.91 Å². The van der Waals surface area contributed by atoms with Crippen molar-refractivity contribution in [2.24, 2.45) is 0 Å². The second kappa shape index (κ2) is 9.24. The van der Waals surface area contributed by atoms with Crippen LogP contribution in [0.5, 0.6) is 0 Å². The maximum atomic E-state index is 12.9. The summed E-state index contributed by atoms with van der Waals surface area (Å²) in [5.41, 5.74) is 3.21. The zero-order valence-electron chi connectivity index (χ0n) is 17.9. The fourth-order valence-electron chi connectivity index (χ4n) is 4.10. The molecule has 1 fully saturated rings. The largest absolute Gasteiger partial charge is 0.352 e. The van der Waals surface area contributed by atoms with Gasteiger partial charge in [-0.15, -0.1) is 0 Å². The quantitative estimate of drug-likeness (QED) is 0.608. The minimum atomic E-state index is -3.45. The maximum Gasteiger partial charge on any atom is 0.243 e. The van der Waals surface area contributed by atoms with Crippen molar-refractivity contribution in [2.45, 2.75) is 50.6 Å². The molecule has 0 radical (unpaired) electrons. The number of amides is 1. The summed E-state index contributed by atoms with van der Waals surface area (Å²) in [6, 6.07) is 15.2. The van der Waals surface area contributed by atoms with Crippen LogP contribution in [0.3, 0.4) is 0 Å². The Bertz CT molecular complexity index is 1180. The molecule has 2 heterocycles. The van der Waals surface area contributed by atoms with Crippen LogP contribution in [0.25, 0.3) is 10.9 Å². The van der Waals surface area contributed by atoms with Gasteiger partial charge < -0.3 is 9.88 Å². The Morgan fingerprint density at radius 1 is 1.03 bits per heavy atom. The first kappa shape index (κ1) is 21.6. The van der Waals surface area contributed by atoms with E-state index in [0.29, 0.717) is 37.5 Å². The number of aryl methyl sites for hydroxylation is 2. The summed E-state index contributed by atoms with van der Waals surface area (Å²) in [4.78, 5) is 12.7. The number of carbonyl (C=O) groups is 1. The van der Waals surface area contributed by atoms with Gasteiger partial charge in [-0.1, -0.05) is 30.7 Å². The molecule has 1 amide bonds. The van der Waals surface area contributed by atoms with Crippen LogP contribution in [0.2, 0.25) is 0 Å². The van der Waals surface area contributed by atoms with E-state index in [1.165, 1.54) is 0 Å². The number of rotatable bonds is 7. The number of nitrogens with zero attached hydrogens (tertiary/aromatic N) is 2. The molecule has 0 aliphatic carbocycles. The molecule has 2 aromatic carbocycles. The smallest absolute Gasteiger partial charge is 0.243 e. The molecular weight excluding hydrogens is 410 g/mol. The highest BCUT2D eigenvalue weighted by molar-refractivity contribution is 7.89. The highest BCUT2D eigenvalue weighted by atomic mass is 32.2. The van der Waals surface area contributed by atoms with Gasteiger partial charge in [0.15, 0.2) is 0 Å². The number of benzene rings is 2. The summed E-state index contributed by atoms with van der Waals surface area (Å²) in [5, 5.41) is 3.85. The molecule has 7 heteroatoms. The van der Waals surface area contributed by atoms with Crippen molar-refractivity contribution < 1.29 is 13.2 Å². The molecule has 1 N–H and O–H groups in total. The number of fused-ring (bicyclic) bond motifs is 1. The van der Waals surface area contributed by atoms with Gasteiger partial charge in [-0.25, -0.2) is 8.42 Å². The summed E-state index contributed by atoms with van der Waals surface area (Å²) in [6.07, 6.45) is 5.21. The SMILES string of the molecule is Cc1ccccc1CNC(=O)CCn1ccc2cc(S(=O)(=O)N3CCCCC3)ccc21. The Hall–Kier alpha value is -2.64. The van der Waals surface area contributed by atoms with Crippen LogP contribution in [-0.2, 0) is 27.9 Å². The van der Waals surface area contributed by atoms with Crippen molar-refractivity contribution in [3.05, 3.63) is 65.9 Å². The lowest BCUT2D eigenvalue weighted by molar-refractivity contribution is -0.121. The lowest BCUT2D eigenvalue weighted by Crippen LogP contribution is -2.35. The summed E-state index contributed by atoms with van der Waals surface area (Å²) in [5.74, 6) is -0.00519. The van der Waals surface area contributed by atoms with Crippen LogP contribution in [0, 0.1) is 6.92 Å². The molecular formula is C24H29N3O3S. The molecule has 6 nitrogen and oxygen atoms in total. The molecule has 0 saturated carbocycles. The number of carbonyl (C=O) groups excluding carboxylic acids is 1. The second-order valence-corrected chi connectivity index (χ2v) is 10.1. The van der Waals surface area contributed by atoms with Crippen LogP contribution in [0.15, 0.2) is 59.6 Å². The van der Waals surface area contributed by atoms with Crippen LogP contribution in [0.1, 0.15) is 36.8 Å². The monoisotopic (exact) mass is 439 g/mol. The lowest BCUT2D eigenvalue weighted by Gasteiger charge is -2.25. The van der Waals surface area contributed by atoms with Gasteiger partial charge >= 0.3 is 0 Å². The van der Waals surface area contributed by atoms with Gasteiger partial charge in [0.25, 0.3) is 0 Å². The Morgan fingerprint density at radius 3 is 2.58 bits per heavy atom. The van der Waals surface area contributed by atoms with Crippen LogP contribution >= 0.6 is 0 Å². The first-order valence-electron chi connectivity index (χ1n) is 10.9. The van der Waals surface area contributed by atoms with Crippen molar-refractivity contribution in [3.8, 4) is 0 Å². The van der Waals surface area contributed by atoms with E-state index in [9.17, 15) is 13.2 Å².